The fraction of sp³-hybridized carbons (Fsp3) is 0.0625. The number of carbonyl (C=O) groups excluding carboxylic acids is 1. The van der Waals surface area contributed by atoms with E-state index in [9.17, 15) is 4.79 Å². The van der Waals surface area contributed by atoms with Crippen LogP contribution in [0.5, 0.6) is 0 Å². The van der Waals surface area contributed by atoms with Gasteiger partial charge in [0.15, 0.2) is 0 Å². The van der Waals surface area contributed by atoms with Gasteiger partial charge in [0.05, 0.1) is 5.69 Å². The lowest BCUT2D eigenvalue weighted by atomic mass is 9.98. The fourth-order valence-electron chi connectivity index (χ4n) is 2.76. The van der Waals surface area contributed by atoms with Gasteiger partial charge in [-0.3, -0.25) is 4.79 Å². The topological polar surface area (TPSA) is 22.0 Å². The highest BCUT2D eigenvalue weighted by atomic mass is 16.1. The van der Waals surface area contributed by atoms with Crippen molar-refractivity contribution in [2.75, 3.05) is 0 Å². The molecule has 0 aliphatic carbocycles. The van der Waals surface area contributed by atoms with Crippen molar-refractivity contribution in [3.8, 4) is 0 Å². The van der Waals surface area contributed by atoms with Crippen molar-refractivity contribution < 1.29 is 4.79 Å². The molecular formula is C16H11NO. The largest absolute Gasteiger partial charge is 0.333 e. The maximum Gasteiger partial charge on any atom is 0.209 e. The molecule has 0 radical (unpaired) electrons. The minimum Gasteiger partial charge on any atom is -0.333 e. The molecule has 0 saturated heterocycles. The molecule has 0 bridgehead atoms. The standard InChI is InChI=1S/C16H11NO/c18-16-13-7-3-1-6-12(13)10-17-14-8-4-2-5-11(14)9-15(16)17/h1-9H,10H2. The van der Waals surface area contributed by atoms with Crippen LogP contribution in [0.15, 0.2) is 54.6 Å². The van der Waals surface area contributed by atoms with Crippen molar-refractivity contribution in [2.24, 2.45) is 0 Å². The van der Waals surface area contributed by atoms with Gasteiger partial charge >= 0.3 is 0 Å². The number of hydrogen-bond donors (Lipinski definition) is 0. The summed E-state index contributed by atoms with van der Waals surface area (Å²) in [7, 11) is 0. The van der Waals surface area contributed by atoms with Crippen molar-refractivity contribution in [3.05, 3.63) is 71.4 Å². The van der Waals surface area contributed by atoms with Crippen molar-refractivity contribution in [1.82, 2.24) is 4.57 Å². The lowest BCUT2D eigenvalue weighted by Gasteiger charge is -2.18. The van der Waals surface area contributed by atoms with E-state index in [2.05, 4.69) is 16.7 Å². The number of nitrogens with zero attached hydrogens (tertiary/aromatic N) is 1. The zero-order chi connectivity index (χ0) is 12.1. The number of benzene rings is 2. The fourth-order valence-corrected chi connectivity index (χ4v) is 2.76. The second-order valence-electron chi connectivity index (χ2n) is 4.66. The van der Waals surface area contributed by atoms with Gasteiger partial charge in [-0.25, -0.2) is 0 Å². The zero-order valence-electron chi connectivity index (χ0n) is 9.76. The smallest absolute Gasteiger partial charge is 0.209 e. The third-order valence-corrected chi connectivity index (χ3v) is 3.63. The molecule has 4 rings (SSSR count). The van der Waals surface area contributed by atoms with E-state index in [0.717, 1.165) is 34.3 Å². The number of para-hydroxylation sites is 1. The quantitative estimate of drug-likeness (QED) is 0.457. The van der Waals surface area contributed by atoms with Crippen molar-refractivity contribution in [3.63, 3.8) is 0 Å². The summed E-state index contributed by atoms with van der Waals surface area (Å²) in [6, 6.07) is 18.0. The Hall–Kier alpha value is -2.35. The number of hydrogen-bond acceptors (Lipinski definition) is 1. The van der Waals surface area contributed by atoms with Crippen LogP contribution in [0.1, 0.15) is 21.6 Å². The molecule has 2 nitrogen and oxygen atoms in total. The predicted octanol–water partition coefficient (Wildman–Crippen LogP) is 3.23. The molecule has 0 unspecified atom stereocenters. The maximum atomic E-state index is 12.5. The highest BCUT2D eigenvalue weighted by Gasteiger charge is 2.24. The third kappa shape index (κ3) is 1.15. The molecule has 1 aromatic heterocycles. The van der Waals surface area contributed by atoms with E-state index < -0.39 is 0 Å². The Morgan fingerprint density at radius 2 is 1.72 bits per heavy atom. The number of aromatic nitrogens is 1. The highest BCUT2D eigenvalue weighted by Crippen LogP contribution is 2.28. The van der Waals surface area contributed by atoms with E-state index >= 15 is 0 Å². The Morgan fingerprint density at radius 3 is 2.67 bits per heavy atom. The molecule has 0 N–H and O–H groups in total. The first kappa shape index (κ1) is 9.66. The van der Waals surface area contributed by atoms with Gasteiger partial charge in [-0.05, 0) is 17.7 Å². The predicted molar refractivity (Wildman–Crippen MR) is 70.9 cm³/mol. The second kappa shape index (κ2) is 3.33. The summed E-state index contributed by atoms with van der Waals surface area (Å²) >= 11 is 0. The van der Waals surface area contributed by atoms with Crippen LogP contribution in [-0.4, -0.2) is 10.4 Å². The molecular weight excluding hydrogens is 222 g/mol. The summed E-state index contributed by atoms with van der Waals surface area (Å²) in [5.41, 5.74) is 3.88. The van der Waals surface area contributed by atoms with E-state index in [1.54, 1.807) is 0 Å². The van der Waals surface area contributed by atoms with Crippen LogP contribution in [0.2, 0.25) is 0 Å². The van der Waals surface area contributed by atoms with Crippen molar-refractivity contribution in [1.29, 1.82) is 0 Å². The van der Waals surface area contributed by atoms with Gasteiger partial charge in [0.1, 0.15) is 0 Å². The van der Waals surface area contributed by atoms with Crippen LogP contribution in [0.4, 0.5) is 0 Å². The van der Waals surface area contributed by atoms with Crippen molar-refractivity contribution >= 4 is 16.7 Å². The number of carbonyl (C=O) groups is 1. The van der Waals surface area contributed by atoms with Gasteiger partial charge in [-0.15, -0.1) is 0 Å². The molecule has 3 aromatic rings. The minimum atomic E-state index is 0.132. The van der Waals surface area contributed by atoms with Crippen LogP contribution in [0, 0.1) is 0 Å². The van der Waals surface area contributed by atoms with E-state index in [1.807, 2.05) is 42.5 Å². The van der Waals surface area contributed by atoms with Gasteiger partial charge in [-0.1, -0.05) is 42.5 Å². The molecule has 0 amide bonds. The molecule has 18 heavy (non-hydrogen) atoms. The second-order valence-corrected chi connectivity index (χ2v) is 4.66. The van der Waals surface area contributed by atoms with E-state index in [0.29, 0.717) is 0 Å². The summed E-state index contributed by atoms with van der Waals surface area (Å²) in [5.74, 6) is 0.132. The molecule has 2 heteroatoms. The zero-order valence-corrected chi connectivity index (χ0v) is 9.76. The van der Waals surface area contributed by atoms with Gasteiger partial charge in [0, 0.05) is 23.0 Å². The molecule has 86 valence electrons. The molecule has 0 fully saturated rings. The SMILES string of the molecule is O=C1c2ccccc2Cn2c1cc1ccccc12. The number of ketones is 1. The lowest BCUT2D eigenvalue weighted by Crippen LogP contribution is -2.19. The average Bonchev–Trinajstić information content (AvgIpc) is 2.79. The Labute approximate surface area is 104 Å². The van der Waals surface area contributed by atoms with Crippen LogP contribution in [-0.2, 0) is 6.54 Å². The normalized spacial score (nSPS) is 13.4. The molecule has 1 aliphatic heterocycles. The number of fused-ring (bicyclic) bond motifs is 4. The van der Waals surface area contributed by atoms with Crippen LogP contribution in [0.25, 0.3) is 10.9 Å². The molecule has 0 atom stereocenters. The molecule has 0 spiro atoms. The maximum absolute atomic E-state index is 12.5. The first-order valence-corrected chi connectivity index (χ1v) is 6.05. The minimum absolute atomic E-state index is 0.132. The Bertz CT molecular complexity index is 783. The first-order valence-electron chi connectivity index (χ1n) is 6.05. The summed E-state index contributed by atoms with van der Waals surface area (Å²) in [6.07, 6.45) is 0. The van der Waals surface area contributed by atoms with Gasteiger partial charge in [0.25, 0.3) is 0 Å². The summed E-state index contributed by atoms with van der Waals surface area (Å²) < 4.78 is 2.11. The summed E-state index contributed by atoms with van der Waals surface area (Å²) in [4.78, 5) is 12.5. The number of rotatable bonds is 0. The Balaban J connectivity index is 2.05. The lowest BCUT2D eigenvalue weighted by molar-refractivity contribution is 0.102. The molecule has 1 aliphatic rings. The van der Waals surface area contributed by atoms with Gasteiger partial charge < -0.3 is 4.57 Å². The molecule has 2 aromatic carbocycles. The van der Waals surface area contributed by atoms with E-state index in [4.69, 9.17) is 0 Å². The average molecular weight is 233 g/mol. The van der Waals surface area contributed by atoms with Crippen LogP contribution in [0.3, 0.4) is 0 Å². The van der Waals surface area contributed by atoms with Gasteiger partial charge in [-0.2, -0.15) is 0 Å². The molecule has 2 heterocycles. The van der Waals surface area contributed by atoms with Crippen LogP contribution >= 0.6 is 0 Å². The Morgan fingerprint density at radius 1 is 0.944 bits per heavy atom. The summed E-state index contributed by atoms with van der Waals surface area (Å²) in [6.45, 7) is 0.783. The van der Waals surface area contributed by atoms with Crippen LogP contribution < -0.4 is 0 Å². The van der Waals surface area contributed by atoms with Crippen molar-refractivity contribution in [2.45, 2.75) is 6.54 Å². The third-order valence-electron chi connectivity index (χ3n) is 3.63. The van der Waals surface area contributed by atoms with E-state index in [-0.39, 0.29) is 5.78 Å². The summed E-state index contributed by atoms with van der Waals surface area (Å²) in [5, 5.41) is 1.13. The van der Waals surface area contributed by atoms with E-state index in [1.165, 1.54) is 0 Å². The monoisotopic (exact) mass is 233 g/mol. The Kier molecular flexibility index (Phi) is 1.78. The first-order chi connectivity index (χ1) is 8.84. The molecule has 0 saturated carbocycles. The van der Waals surface area contributed by atoms with Gasteiger partial charge in [0.2, 0.25) is 5.78 Å². The highest BCUT2D eigenvalue weighted by molar-refractivity contribution is 6.12.